The van der Waals surface area contributed by atoms with Crippen molar-refractivity contribution in [1.29, 1.82) is 0 Å². The van der Waals surface area contributed by atoms with Gasteiger partial charge in [0.05, 0.1) is 22.4 Å². The van der Waals surface area contributed by atoms with Gasteiger partial charge in [-0.1, -0.05) is 30.3 Å². The highest BCUT2D eigenvalue weighted by molar-refractivity contribution is 6.05. The van der Waals surface area contributed by atoms with Gasteiger partial charge < -0.3 is 14.2 Å². The van der Waals surface area contributed by atoms with Crippen molar-refractivity contribution in [3.8, 4) is 5.75 Å². The Morgan fingerprint density at radius 3 is 2.21 bits per heavy atom. The molecule has 7 heteroatoms. The molecule has 2 N–H and O–H groups in total. The zero-order valence-corrected chi connectivity index (χ0v) is 16.3. The number of aryl methyl sites for hydroxylation is 2. The first-order valence-corrected chi connectivity index (χ1v) is 9.10. The third-order valence-electron chi connectivity index (χ3n) is 5.14. The van der Waals surface area contributed by atoms with E-state index in [4.69, 9.17) is 0 Å². The topological polar surface area (TPSA) is 88.6 Å². The van der Waals surface area contributed by atoms with Crippen molar-refractivity contribution < 1.29 is 5.11 Å². The molecule has 0 spiro atoms. The van der Waals surface area contributed by atoms with E-state index in [1.54, 1.807) is 43.8 Å². The number of nitrogens with one attached hydrogen (secondary N) is 1. The Kier molecular flexibility index (Phi) is 4.43. The predicted molar refractivity (Wildman–Crippen MR) is 116 cm³/mol. The van der Waals surface area contributed by atoms with Crippen LogP contribution in [0, 0.1) is 0 Å². The highest BCUT2D eigenvalue weighted by Crippen LogP contribution is 2.26. The van der Waals surface area contributed by atoms with Crippen LogP contribution in [0.25, 0.3) is 21.8 Å². The van der Waals surface area contributed by atoms with Crippen LogP contribution in [0.2, 0.25) is 0 Å². The lowest BCUT2D eigenvalue weighted by Gasteiger charge is -2.12. The molecule has 0 saturated heterocycles. The molecular weight excluding hydrogens is 368 g/mol. The highest BCUT2D eigenvalue weighted by Gasteiger charge is 2.17. The van der Waals surface area contributed by atoms with E-state index in [1.165, 1.54) is 10.6 Å². The van der Waals surface area contributed by atoms with Gasteiger partial charge in [-0.2, -0.15) is 5.10 Å². The van der Waals surface area contributed by atoms with Crippen LogP contribution in [-0.4, -0.2) is 20.0 Å². The summed E-state index contributed by atoms with van der Waals surface area (Å²) in [5.41, 5.74) is 4.73. The number of anilines is 1. The molecule has 0 unspecified atom stereocenters. The second kappa shape index (κ2) is 6.94. The second-order valence-electron chi connectivity index (χ2n) is 6.89. The summed E-state index contributed by atoms with van der Waals surface area (Å²) in [5, 5.41) is 16.4. The number of para-hydroxylation sites is 2. The number of benzene rings is 2. The lowest BCUT2D eigenvalue weighted by Crippen LogP contribution is -2.24. The maximum atomic E-state index is 12.8. The molecule has 2 aromatic carbocycles. The quantitative estimate of drug-likeness (QED) is 0.417. The lowest BCUT2D eigenvalue weighted by molar-refractivity contribution is 0.478. The summed E-state index contributed by atoms with van der Waals surface area (Å²) in [6.07, 6.45) is 0. The summed E-state index contributed by atoms with van der Waals surface area (Å²) < 4.78 is 3.04. The molecule has 0 amide bonds. The second-order valence-corrected chi connectivity index (χ2v) is 6.89. The fourth-order valence-corrected chi connectivity index (χ4v) is 3.51. The molecule has 0 atom stereocenters. The third-order valence-corrected chi connectivity index (χ3v) is 5.14. The Labute approximate surface area is 166 Å². The Morgan fingerprint density at radius 1 is 0.931 bits per heavy atom. The van der Waals surface area contributed by atoms with Crippen molar-refractivity contribution in [3.05, 3.63) is 80.9 Å². The first-order valence-electron chi connectivity index (χ1n) is 9.10. The van der Waals surface area contributed by atoms with Crippen molar-refractivity contribution in [2.75, 3.05) is 5.43 Å². The lowest BCUT2D eigenvalue weighted by atomic mass is 10.1. The van der Waals surface area contributed by atoms with Crippen LogP contribution in [0.3, 0.4) is 0 Å². The van der Waals surface area contributed by atoms with Crippen LogP contribution in [0.1, 0.15) is 12.5 Å². The Bertz CT molecular complexity index is 1410. The molecule has 0 aliphatic heterocycles. The van der Waals surface area contributed by atoms with Gasteiger partial charge in [0.15, 0.2) is 0 Å². The molecule has 0 aliphatic carbocycles. The fourth-order valence-electron chi connectivity index (χ4n) is 3.51. The zero-order valence-electron chi connectivity index (χ0n) is 16.3. The molecule has 7 nitrogen and oxygen atoms in total. The van der Waals surface area contributed by atoms with Crippen LogP contribution >= 0.6 is 0 Å². The monoisotopic (exact) mass is 388 g/mol. The van der Waals surface area contributed by atoms with Gasteiger partial charge >= 0.3 is 0 Å². The number of hydrogen-bond donors (Lipinski definition) is 2. The number of aromatic hydroxyl groups is 1. The van der Waals surface area contributed by atoms with Gasteiger partial charge in [0, 0.05) is 30.9 Å². The van der Waals surface area contributed by atoms with Crippen LogP contribution in [0.4, 0.5) is 5.69 Å². The van der Waals surface area contributed by atoms with E-state index in [0.29, 0.717) is 22.3 Å². The maximum Gasteiger partial charge on any atom is 0.263 e. The summed E-state index contributed by atoms with van der Waals surface area (Å²) in [6, 6.07) is 16.1. The molecule has 2 aromatic heterocycles. The number of aromatic nitrogens is 2. The van der Waals surface area contributed by atoms with Crippen molar-refractivity contribution in [1.82, 2.24) is 9.13 Å². The van der Waals surface area contributed by atoms with Crippen molar-refractivity contribution in [2.24, 2.45) is 19.2 Å². The van der Waals surface area contributed by atoms with E-state index in [9.17, 15) is 14.7 Å². The highest BCUT2D eigenvalue weighted by atomic mass is 16.3. The minimum Gasteiger partial charge on any atom is -0.506 e. The molecule has 4 aromatic rings. The Balaban J connectivity index is 1.84. The van der Waals surface area contributed by atoms with Crippen LogP contribution in [0.15, 0.2) is 69.3 Å². The summed E-state index contributed by atoms with van der Waals surface area (Å²) in [5.74, 6) is -0.111. The SMILES string of the molecule is C/C(=N\Nc1cc(=O)n(C)c2ccccc12)c1c(O)c2ccccc2n(C)c1=O. The van der Waals surface area contributed by atoms with Crippen LogP contribution in [-0.2, 0) is 14.1 Å². The number of fused-ring (bicyclic) bond motifs is 2. The molecule has 0 bridgehead atoms. The minimum absolute atomic E-state index is 0.111. The van der Waals surface area contributed by atoms with E-state index in [2.05, 4.69) is 10.5 Å². The van der Waals surface area contributed by atoms with Crippen molar-refractivity contribution in [2.45, 2.75) is 6.92 Å². The first kappa shape index (κ1) is 18.5. The fraction of sp³-hybridized carbons (Fsp3) is 0.136. The molecule has 0 aliphatic rings. The van der Waals surface area contributed by atoms with Crippen LogP contribution < -0.4 is 16.5 Å². The smallest absolute Gasteiger partial charge is 0.263 e. The third kappa shape index (κ3) is 2.97. The summed E-state index contributed by atoms with van der Waals surface area (Å²) in [4.78, 5) is 25.1. The van der Waals surface area contributed by atoms with Gasteiger partial charge in [-0.15, -0.1) is 0 Å². The minimum atomic E-state index is -0.349. The number of hydrazone groups is 1. The van der Waals surface area contributed by atoms with Gasteiger partial charge in [0.2, 0.25) is 0 Å². The summed E-state index contributed by atoms with van der Waals surface area (Å²) in [7, 11) is 3.36. The Hall–Kier alpha value is -3.87. The van der Waals surface area contributed by atoms with Crippen molar-refractivity contribution in [3.63, 3.8) is 0 Å². The molecule has 0 saturated carbocycles. The van der Waals surface area contributed by atoms with Gasteiger partial charge in [-0.25, -0.2) is 0 Å². The van der Waals surface area contributed by atoms with E-state index >= 15 is 0 Å². The number of rotatable bonds is 3. The van der Waals surface area contributed by atoms with E-state index in [1.807, 2.05) is 30.3 Å². The predicted octanol–water partition coefficient (Wildman–Crippen LogP) is 2.93. The molecule has 0 fully saturated rings. The number of hydrogen-bond acceptors (Lipinski definition) is 5. The van der Waals surface area contributed by atoms with Crippen LogP contribution in [0.5, 0.6) is 5.75 Å². The number of pyridine rings is 2. The number of nitrogens with zero attached hydrogens (tertiary/aromatic N) is 3. The van der Waals surface area contributed by atoms with Gasteiger partial charge in [-0.05, 0) is 25.1 Å². The summed E-state index contributed by atoms with van der Waals surface area (Å²) in [6.45, 7) is 1.64. The van der Waals surface area contributed by atoms with E-state index < -0.39 is 0 Å². The van der Waals surface area contributed by atoms with E-state index in [-0.39, 0.29) is 22.4 Å². The van der Waals surface area contributed by atoms with Gasteiger partial charge in [0.1, 0.15) is 11.3 Å². The molecule has 0 radical (unpaired) electrons. The standard InChI is InChI=1S/C22H20N4O3/c1-13(20-21(28)15-9-5-7-11-18(15)26(3)22(20)29)23-24-16-12-19(27)25(2)17-10-6-4-8-14(16)17/h4-12,24,28H,1-3H3/b23-13+. The average Bonchev–Trinajstić information content (AvgIpc) is 2.74. The largest absolute Gasteiger partial charge is 0.506 e. The maximum absolute atomic E-state index is 12.8. The molecule has 4 rings (SSSR count). The average molecular weight is 388 g/mol. The van der Waals surface area contributed by atoms with Gasteiger partial charge in [0.25, 0.3) is 11.1 Å². The Morgan fingerprint density at radius 2 is 1.52 bits per heavy atom. The van der Waals surface area contributed by atoms with E-state index in [0.717, 1.165) is 10.9 Å². The summed E-state index contributed by atoms with van der Waals surface area (Å²) >= 11 is 0. The zero-order chi connectivity index (χ0) is 20.7. The normalized spacial score (nSPS) is 11.9. The molecule has 2 heterocycles. The first-order chi connectivity index (χ1) is 13.9. The van der Waals surface area contributed by atoms with Gasteiger partial charge in [-0.3, -0.25) is 15.0 Å². The molecule has 29 heavy (non-hydrogen) atoms. The molecular formula is C22H20N4O3. The molecule has 146 valence electrons. The van der Waals surface area contributed by atoms with Crippen molar-refractivity contribution >= 4 is 33.2 Å².